The molecular weight excluding hydrogens is 336 g/mol. The average Bonchev–Trinajstić information content (AvgIpc) is 2.95. The normalized spacial score (nSPS) is 11.6. The van der Waals surface area contributed by atoms with Gasteiger partial charge in [0.1, 0.15) is 0 Å². The number of rotatable bonds is 6. The smallest absolute Gasteiger partial charge is 0.243 e. The van der Waals surface area contributed by atoms with Crippen LogP contribution in [0.4, 0.5) is 0 Å². The van der Waals surface area contributed by atoms with E-state index in [1.54, 1.807) is 24.4 Å². The molecular formula is C19H20N2O3S. The summed E-state index contributed by atoms with van der Waals surface area (Å²) in [6.45, 7) is 1.94. The second-order valence-corrected chi connectivity index (χ2v) is 7.79. The molecule has 3 rings (SSSR count). The van der Waals surface area contributed by atoms with Gasteiger partial charge in [0.25, 0.3) is 0 Å². The predicted octanol–water partition coefficient (Wildman–Crippen LogP) is 2.70. The summed E-state index contributed by atoms with van der Waals surface area (Å²) in [4.78, 5) is 11.1. The third kappa shape index (κ3) is 3.91. The molecule has 25 heavy (non-hydrogen) atoms. The molecule has 0 saturated heterocycles. The SMILES string of the molecule is CC(=O)NCCc1cn(S(=O)(=O)Cc2ccccc2)c2ccccc12. The molecule has 1 heterocycles. The first-order valence-corrected chi connectivity index (χ1v) is 9.69. The van der Waals surface area contributed by atoms with E-state index in [2.05, 4.69) is 5.32 Å². The van der Waals surface area contributed by atoms with Gasteiger partial charge < -0.3 is 5.32 Å². The minimum Gasteiger partial charge on any atom is -0.356 e. The Balaban J connectivity index is 1.97. The van der Waals surface area contributed by atoms with Crippen molar-refractivity contribution in [3.63, 3.8) is 0 Å². The quantitative estimate of drug-likeness (QED) is 0.738. The number of amides is 1. The van der Waals surface area contributed by atoms with Crippen LogP contribution in [0.1, 0.15) is 18.1 Å². The van der Waals surface area contributed by atoms with E-state index in [1.807, 2.05) is 36.4 Å². The van der Waals surface area contributed by atoms with E-state index < -0.39 is 10.0 Å². The van der Waals surface area contributed by atoms with Crippen LogP contribution in [0.3, 0.4) is 0 Å². The molecule has 1 amide bonds. The highest BCUT2D eigenvalue weighted by molar-refractivity contribution is 7.89. The van der Waals surface area contributed by atoms with Gasteiger partial charge in [-0.05, 0) is 23.6 Å². The topological polar surface area (TPSA) is 68.2 Å². The molecule has 0 bridgehead atoms. The maximum atomic E-state index is 12.9. The van der Waals surface area contributed by atoms with Gasteiger partial charge in [-0.25, -0.2) is 12.4 Å². The molecule has 2 aromatic carbocycles. The maximum Gasteiger partial charge on any atom is 0.243 e. The lowest BCUT2D eigenvalue weighted by Gasteiger charge is -2.07. The molecule has 130 valence electrons. The Bertz CT molecular complexity index is 992. The zero-order chi connectivity index (χ0) is 17.9. The van der Waals surface area contributed by atoms with Gasteiger partial charge in [-0.2, -0.15) is 0 Å². The Morgan fingerprint density at radius 2 is 1.72 bits per heavy atom. The van der Waals surface area contributed by atoms with Gasteiger partial charge in [-0.1, -0.05) is 48.5 Å². The van der Waals surface area contributed by atoms with Gasteiger partial charge in [-0.3, -0.25) is 4.79 Å². The van der Waals surface area contributed by atoms with E-state index >= 15 is 0 Å². The summed E-state index contributed by atoms with van der Waals surface area (Å²) < 4.78 is 27.2. The van der Waals surface area contributed by atoms with E-state index in [0.29, 0.717) is 18.5 Å². The molecule has 0 aliphatic carbocycles. The number of fused-ring (bicyclic) bond motifs is 1. The Labute approximate surface area is 147 Å². The van der Waals surface area contributed by atoms with Crippen LogP contribution in [0.25, 0.3) is 10.9 Å². The third-order valence-corrected chi connectivity index (χ3v) is 5.62. The molecule has 0 spiro atoms. The van der Waals surface area contributed by atoms with Crippen molar-refractivity contribution in [3.8, 4) is 0 Å². The van der Waals surface area contributed by atoms with Crippen molar-refractivity contribution in [3.05, 3.63) is 71.9 Å². The van der Waals surface area contributed by atoms with E-state index in [0.717, 1.165) is 16.5 Å². The number of hydrogen-bond donors (Lipinski definition) is 1. The van der Waals surface area contributed by atoms with Crippen molar-refractivity contribution in [1.29, 1.82) is 0 Å². The lowest BCUT2D eigenvalue weighted by molar-refractivity contribution is -0.118. The first-order valence-electron chi connectivity index (χ1n) is 8.08. The van der Waals surface area contributed by atoms with E-state index in [9.17, 15) is 13.2 Å². The molecule has 1 N–H and O–H groups in total. The van der Waals surface area contributed by atoms with Crippen molar-refractivity contribution in [2.24, 2.45) is 0 Å². The van der Waals surface area contributed by atoms with Gasteiger partial charge in [-0.15, -0.1) is 0 Å². The zero-order valence-electron chi connectivity index (χ0n) is 14.0. The summed E-state index contributed by atoms with van der Waals surface area (Å²) in [6.07, 6.45) is 2.25. The summed E-state index contributed by atoms with van der Waals surface area (Å²) in [5.74, 6) is -0.155. The van der Waals surface area contributed by atoms with E-state index in [-0.39, 0.29) is 11.7 Å². The molecule has 1 aromatic heterocycles. The number of carbonyl (C=O) groups is 1. The Hall–Kier alpha value is -2.60. The number of nitrogens with zero attached hydrogens (tertiary/aromatic N) is 1. The highest BCUT2D eigenvalue weighted by Crippen LogP contribution is 2.24. The number of hydrogen-bond acceptors (Lipinski definition) is 3. The van der Waals surface area contributed by atoms with Gasteiger partial charge in [0, 0.05) is 25.1 Å². The molecule has 0 fully saturated rings. The van der Waals surface area contributed by atoms with E-state index in [1.165, 1.54) is 10.9 Å². The lowest BCUT2D eigenvalue weighted by atomic mass is 10.1. The largest absolute Gasteiger partial charge is 0.356 e. The molecule has 3 aromatic rings. The fourth-order valence-electron chi connectivity index (χ4n) is 2.87. The molecule has 0 aliphatic heterocycles. The highest BCUT2D eigenvalue weighted by Gasteiger charge is 2.19. The monoisotopic (exact) mass is 356 g/mol. The standard InChI is InChI=1S/C19H20N2O3S/c1-15(22)20-12-11-17-13-21(19-10-6-5-9-18(17)19)25(23,24)14-16-7-3-2-4-8-16/h2-10,13H,11-12,14H2,1H3,(H,20,22). The minimum absolute atomic E-state index is 0.0579. The predicted molar refractivity (Wildman–Crippen MR) is 98.8 cm³/mol. The summed E-state index contributed by atoms with van der Waals surface area (Å²) in [6, 6.07) is 16.6. The number of carbonyl (C=O) groups excluding carboxylic acids is 1. The molecule has 5 nitrogen and oxygen atoms in total. The summed E-state index contributed by atoms with van der Waals surface area (Å²) >= 11 is 0. The van der Waals surface area contributed by atoms with Crippen LogP contribution in [0, 0.1) is 0 Å². The fourth-order valence-corrected chi connectivity index (χ4v) is 4.37. The summed E-state index contributed by atoms with van der Waals surface area (Å²) in [5.41, 5.74) is 2.32. The van der Waals surface area contributed by atoms with Crippen LogP contribution in [0.5, 0.6) is 0 Å². The molecule has 0 aliphatic rings. The second kappa shape index (κ2) is 7.11. The average molecular weight is 356 g/mol. The second-order valence-electron chi connectivity index (χ2n) is 5.94. The van der Waals surface area contributed by atoms with Crippen LogP contribution in [-0.4, -0.2) is 24.8 Å². The van der Waals surface area contributed by atoms with Crippen LogP contribution >= 0.6 is 0 Å². The number of aromatic nitrogens is 1. The number of para-hydroxylation sites is 1. The molecule has 0 radical (unpaired) electrons. The van der Waals surface area contributed by atoms with Gasteiger partial charge >= 0.3 is 0 Å². The zero-order valence-corrected chi connectivity index (χ0v) is 14.8. The molecule has 0 saturated carbocycles. The van der Waals surface area contributed by atoms with Gasteiger partial charge in [0.05, 0.1) is 11.3 Å². The minimum atomic E-state index is -3.53. The van der Waals surface area contributed by atoms with Crippen molar-refractivity contribution in [2.45, 2.75) is 19.1 Å². The first-order chi connectivity index (χ1) is 12.0. The maximum absolute atomic E-state index is 12.9. The van der Waals surface area contributed by atoms with Crippen LogP contribution in [0.2, 0.25) is 0 Å². The van der Waals surface area contributed by atoms with Crippen molar-refractivity contribution < 1.29 is 13.2 Å². The molecule has 0 atom stereocenters. The van der Waals surface area contributed by atoms with Crippen LogP contribution < -0.4 is 5.32 Å². The van der Waals surface area contributed by atoms with Gasteiger partial charge in [0.15, 0.2) is 0 Å². The summed E-state index contributed by atoms with van der Waals surface area (Å²) in [5, 5.41) is 3.64. The van der Waals surface area contributed by atoms with Crippen molar-refractivity contribution in [2.75, 3.05) is 6.54 Å². The Morgan fingerprint density at radius 3 is 2.44 bits per heavy atom. The van der Waals surface area contributed by atoms with Crippen LogP contribution in [-0.2, 0) is 27.0 Å². The van der Waals surface area contributed by atoms with Crippen molar-refractivity contribution >= 4 is 26.8 Å². The van der Waals surface area contributed by atoms with Gasteiger partial charge in [0.2, 0.25) is 15.9 Å². The summed E-state index contributed by atoms with van der Waals surface area (Å²) in [7, 11) is -3.53. The lowest BCUT2D eigenvalue weighted by Crippen LogP contribution is -2.22. The van der Waals surface area contributed by atoms with Crippen molar-refractivity contribution in [1.82, 2.24) is 9.29 Å². The highest BCUT2D eigenvalue weighted by atomic mass is 32.2. The molecule has 6 heteroatoms. The number of nitrogens with one attached hydrogen (secondary N) is 1. The molecule has 0 unspecified atom stereocenters. The van der Waals surface area contributed by atoms with E-state index in [4.69, 9.17) is 0 Å². The fraction of sp³-hybridized carbons (Fsp3) is 0.211. The third-order valence-electron chi connectivity index (χ3n) is 4.02. The Kier molecular flexibility index (Phi) is 4.90. The van der Waals surface area contributed by atoms with Crippen LogP contribution in [0.15, 0.2) is 60.8 Å². The first kappa shape index (κ1) is 17.2. The number of benzene rings is 2. The Morgan fingerprint density at radius 1 is 1.04 bits per heavy atom.